The van der Waals surface area contributed by atoms with E-state index >= 15 is 0 Å². The van der Waals surface area contributed by atoms with Crippen molar-refractivity contribution in [1.82, 2.24) is 14.8 Å². The van der Waals surface area contributed by atoms with Gasteiger partial charge in [-0.25, -0.2) is 4.98 Å². The second-order valence-corrected chi connectivity index (χ2v) is 8.96. The van der Waals surface area contributed by atoms with Crippen LogP contribution in [0.25, 0.3) is 15.3 Å². The summed E-state index contributed by atoms with van der Waals surface area (Å²) in [5.41, 5.74) is 5.14. The van der Waals surface area contributed by atoms with Gasteiger partial charge >= 0.3 is 0 Å². The van der Waals surface area contributed by atoms with Gasteiger partial charge in [0.15, 0.2) is 0 Å². The molecule has 0 saturated heterocycles. The van der Waals surface area contributed by atoms with E-state index in [1.54, 1.807) is 16.0 Å². The summed E-state index contributed by atoms with van der Waals surface area (Å²) in [7, 11) is 0. The highest BCUT2D eigenvalue weighted by Crippen LogP contribution is 2.41. The topological polar surface area (TPSA) is 69.0 Å². The molecule has 2 aromatic carbocycles. The van der Waals surface area contributed by atoms with E-state index in [-0.39, 0.29) is 11.8 Å². The molecule has 1 aliphatic rings. The fourth-order valence-electron chi connectivity index (χ4n) is 4.12. The predicted molar refractivity (Wildman–Crippen MR) is 124 cm³/mol. The van der Waals surface area contributed by atoms with E-state index in [0.717, 1.165) is 50.2 Å². The summed E-state index contributed by atoms with van der Waals surface area (Å²) in [6.07, 6.45) is 1.34. The monoisotopic (exact) mass is 432 g/mol. The minimum Gasteiger partial charge on any atom is -0.494 e. The molecule has 1 atom stereocenters. The highest BCUT2D eigenvalue weighted by molar-refractivity contribution is 7.20. The van der Waals surface area contributed by atoms with Gasteiger partial charge in [0, 0.05) is 17.9 Å². The third kappa shape index (κ3) is 3.59. The van der Waals surface area contributed by atoms with Crippen LogP contribution < -0.4 is 10.1 Å². The van der Waals surface area contributed by atoms with Crippen LogP contribution in [0.15, 0.2) is 42.5 Å². The van der Waals surface area contributed by atoms with Gasteiger partial charge in [-0.1, -0.05) is 36.5 Å². The maximum absolute atomic E-state index is 12.7. The fourth-order valence-corrected chi connectivity index (χ4v) is 5.14. The lowest BCUT2D eigenvalue weighted by molar-refractivity contribution is -0.116. The van der Waals surface area contributed by atoms with Crippen molar-refractivity contribution in [1.29, 1.82) is 0 Å². The lowest BCUT2D eigenvalue weighted by atomic mass is 9.86. The maximum atomic E-state index is 12.7. The zero-order valence-electron chi connectivity index (χ0n) is 17.8. The molecule has 3 heterocycles. The number of aromatic nitrogens is 3. The van der Waals surface area contributed by atoms with Gasteiger partial charge in [0.1, 0.15) is 11.6 Å². The molecule has 1 unspecified atom stereocenters. The Hall–Kier alpha value is -3.19. The summed E-state index contributed by atoms with van der Waals surface area (Å²) in [4.78, 5) is 17.4. The smallest absolute Gasteiger partial charge is 0.226 e. The number of hydrogen-bond donors (Lipinski definition) is 1. The molecule has 1 aliphatic heterocycles. The first-order chi connectivity index (χ1) is 15.0. The van der Waals surface area contributed by atoms with Crippen molar-refractivity contribution in [3.63, 3.8) is 0 Å². The number of aryl methyl sites for hydroxylation is 2. The van der Waals surface area contributed by atoms with E-state index in [0.29, 0.717) is 13.0 Å². The van der Waals surface area contributed by atoms with Crippen molar-refractivity contribution in [2.45, 2.75) is 39.5 Å². The molecule has 1 amide bonds. The van der Waals surface area contributed by atoms with Crippen LogP contribution in [0.2, 0.25) is 0 Å². The van der Waals surface area contributed by atoms with Gasteiger partial charge in [-0.15, -0.1) is 0 Å². The molecule has 0 saturated carbocycles. The van der Waals surface area contributed by atoms with Gasteiger partial charge in [-0.3, -0.25) is 4.79 Å². The van der Waals surface area contributed by atoms with Crippen molar-refractivity contribution < 1.29 is 9.53 Å². The molecule has 0 aliphatic carbocycles. The van der Waals surface area contributed by atoms with Crippen molar-refractivity contribution in [2.24, 2.45) is 0 Å². The Morgan fingerprint density at radius 3 is 2.94 bits per heavy atom. The first-order valence-corrected chi connectivity index (χ1v) is 11.3. The fraction of sp³-hybridized carbons (Fsp3) is 0.292. The number of fused-ring (bicyclic) bond motifs is 2. The van der Waals surface area contributed by atoms with Crippen LogP contribution in [0, 0.1) is 13.8 Å². The number of amides is 1. The SMILES string of the molecule is CCCOc1cccc(C2CC(=O)Nc3c2c(C)nn3-c2nc3ccc(C)cc3s2)c1. The first kappa shape index (κ1) is 19.8. The Bertz CT molecular complexity index is 1290. The zero-order chi connectivity index (χ0) is 21.5. The van der Waals surface area contributed by atoms with E-state index in [1.165, 1.54) is 5.56 Å². The van der Waals surface area contributed by atoms with E-state index in [1.807, 2.05) is 31.2 Å². The predicted octanol–water partition coefficient (Wildman–Crippen LogP) is 5.36. The Kier molecular flexibility index (Phi) is 4.98. The summed E-state index contributed by atoms with van der Waals surface area (Å²) in [6, 6.07) is 14.3. The van der Waals surface area contributed by atoms with Crippen LogP contribution in [0.4, 0.5) is 5.82 Å². The summed E-state index contributed by atoms with van der Waals surface area (Å²) < 4.78 is 8.71. The minimum atomic E-state index is -0.0701. The standard InChI is InChI=1S/C24H24N4O2S/c1-4-10-30-17-7-5-6-16(12-17)18-13-21(29)26-23-22(18)15(3)27-28(23)24-25-19-9-8-14(2)11-20(19)31-24/h5-9,11-12,18H,4,10,13H2,1-3H3,(H,26,29). The Balaban J connectivity index is 1.59. The number of nitrogens with one attached hydrogen (secondary N) is 1. The number of anilines is 1. The minimum absolute atomic E-state index is 0.0181. The molecule has 158 valence electrons. The molecule has 1 N–H and O–H groups in total. The molecule has 31 heavy (non-hydrogen) atoms. The van der Waals surface area contributed by atoms with E-state index in [9.17, 15) is 4.79 Å². The third-order valence-corrected chi connectivity index (χ3v) is 6.54. The van der Waals surface area contributed by atoms with E-state index < -0.39 is 0 Å². The van der Waals surface area contributed by atoms with Crippen molar-refractivity contribution >= 4 is 33.3 Å². The van der Waals surface area contributed by atoms with Crippen molar-refractivity contribution in [3.8, 4) is 10.9 Å². The van der Waals surface area contributed by atoms with Crippen molar-refractivity contribution in [3.05, 3.63) is 64.8 Å². The normalized spacial score (nSPS) is 15.7. The summed E-state index contributed by atoms with van der Waals surface area (Å²) in [5, 5.41) is 8.59. The molecule has 0 fully saturated rings. The Morgan fingerprint density at radius 1 is 1.23 bits per heavy atom. The van der Waals surface area contributed by atoms with Crippen molar-refractivity contribution in [2.75, 3.05) is 11.9 Å². The van der Waals surface area contributed by atoms with Gasteiger partial charge in [-0.05, 0) is 55.7 Å². The number of thiazole rings is 1. The maximum Gasteiger partial charge on any atom is 0.226 e. The highest BCUT2D eigenvalue weighted by Gasteiger charge is 2.33. The second-order valence-electron chi connectivity index (χ2n) is 7.95. The molecule has 2 aromatic heterocycles. The van der Waals surface area contributed by atoms with Crippen LogP contribution in [0.1, 0.15) is 48.1 Å². The molecule has 0 spiro atoms. The average Bonchev–Trinajstić information content (AvgIpc) is 3.32. The lowest BCUT2D eigenvalue weighted by Gasteiger charge is -2.24. The van der Waals surface area contributed by atoms with E-state index in [4.69, 9.17) is 14.8 Å². The summed E-state index contributed by atoms with van der Waals surface area (Å²) in [5.74, 6) is 1.46. The number of carbonyl (C=O) groups excluding carboxylic acids is 1. The molecular weight excluding hydrogens is 408 g/mol. The zero-order valence-corrected chi connectivity index (χ0v) is 18.6. The Morgan fingerprint density at radius 2 is 2.10 bits per heavy atom. The number of carbonyl (C=O) groups is 1. The van der Waals surface area contributed by atoms with Crippen LogP contribution >= 0.6 is 11.3 Å². The third-order valence-electron chi connectivity index (χ3n) is 5.55. The van der Waals surface area contributed by atoms with Gasteiger partial charge in [0.2, 0.25) is 11.0 Å². The number of hydrogen-bond acceptors (Lipinski definition) is 5. The van der Waals surface area contributed by atoms with Crippen LogP contribution in [-0.2, 0) is 4.79 Å². The second kappa shape index (κ2) is 7.81. The van der Waals surface area contributed by atoms with Gasteiger partial charge in [0.25, 0.3) is 0 Å². The molecule has 7 heteroatoms. The van der Waals surface area contributed by atoms with E-state index in [2.05, 4.69) is 37.4 Å². The molecule has 5 rings (SSSR count). The van der Waals surface area contributed by atoms with Gasteiger partial charge < -0.3 is 10.1 Å². The molecular formula is C24H24N4O2S. The highest BCUT2D eigenvalue weighted by atomic mass is 32.1. The van der Waals surface area contributed by atoms with Gasteiger partial charge in [-0.2, -0.15) is 9.78 Å². The first-order valence-electron chi connectivity index (χ1n) is 10.5. The quantitative estimate of drug-likeness (QED) is 0.461. The molecule has 6 nitrogen and oxygen atoms in total. The van der Waals surface area contributed by atoms with Crippen LogP contribution in [0.5, 0.6) is 5.75 Å². The number of nitrogens with zero attached hydrogens (tertiary/aromatic N) is 3. The molecule has 0 radical (unpaired) electrons. The average molecular weight is 433 g/mol. The number of benzene rings is 2. The number of ether oxygens (including phenoxy) is 1. The number of rotatable bonds is 5. The molecule has 4 aromatic rings. The Labute approximate surface area is 184 Å². The molecule has 0 bridgehead atoms. The van der Waals surface area contributed by atoms with Gasteiger partial charge in [0.05, 0.1) is 22.5 Å². The van der Waals surface area contributed by atoms with Crippen LogP contribution in [0.3, 0.4) is 0 Å². The summed E-state index contributed by atoms with van der Waals surface area (Å²) >= 11 is 1.58. The van der Waals surface area contributed by atoms with Crippen LogP contribution in [-0.4, -0.2) is 27.3 Å². The summed E-state index contributed by atoms with van der Waals surface area (Å²) in [6.45, 7) is 6.83. The largest absolute Gasteiger partial charge is 0.494 e. The lowest BCUT2D eigenvalue weighted by Crippen LogP contribution is -2.25.